The number of likely N-dealkylation sites (tertiary alicyclic amines) is 1. The Labute approximate surface area is 171 Å². The van der Waals surface area contributed by atoms with Crippen LogP contribution in [0.5, 0.6) is 11.5 Å². The summed E-state index contributed by atoms with van der Waals surface area (Å²) in [5.41, 5.74) is 3.02. The second kappa shape index (κ2) is 8.52. The highest BCUT2D eigenvalue weighted by Gasteiger charge is 2.22. The Morgan fingerprint density at radius 2 is 1.86 bits per heavy atom. The standard InChI is InChI=1S/C24H26N2O3/c1-3-23(27)26-13-11-21(12-14-26)29-20-9-7-17(8-10-20)19-15-18-5-4-6-22(28-2)24(18)25-16-19/h4-10,15-16,21H,3,11-14H2,1-2H3. The number of methoxy groups -OCH3 is 1. The number of amides is 1. The number of benzene rings is 2. The highest BCUT2D eigenvalue weighted by atomic mass is 16.5. The Bertz CT molecular complexity index is 993. The summed E-state index contributed by atoms with van der Waals surface area (Å²) < 4.78 is 11.5. The van der Waals surface area contributed by atoms with Crippen LogP contribution in [0.4, 0.5) is 0 Å². The van der Waals surface area contributed by atoms with Gasteiger partial charge in [-0.25, -0.2) is 0 Å². The van der Waals surface area contributed by atoms with Gasteiger partial charge in [-0.1, -0.05) is 31.2 Å². The predicted molar refractivity (Wildman–Crippen MR) is 114 cm³/mol. The minimum absolute atomic E-state index is 0.163. The van der Waals surface area contributed by atoms with E-state index in [9.17, 15) is 4.79 Å². The normalized spacial score (nSPS) is 14.8. The van der Waals surface area contributed by atoms with Gasteiger partial charge in [0.05, 0.1) is 7.11 Å². The fourth-order valence-electron chi connectivity index (χ4n) is 3.82. The molecular weight excluding hydrogens is 364 g/mol. The Balaban J connectivity index is 1.43. The zero-order chi connectivity index (χ0) is 20.2. The number of carbonyl (C=O) groups is 1. The summed E-state index contributed by atoms with van der Waals surface area (Å²) in [7, 11) is 1.66. The van der Waals surface area contributed by atoms with Gasteiger partial charge >= 0.3 is 0 Å². The highest BCUT2D eigenvalue weighted by Crippen LogP contribution is 2.29. The van der Waals surface area contributed by atoms with E-state index in [0.29, 0.717) is 6.42 Å². The molecule has 1 fully saturated rings. The molecule has 0 unspecified atom stereocenters. The van der Waals surface area contributed by atoms with E-state index in [2.05, 4.69) is 23.2 Å². The SMILES string of the molecule is CCC(=O)N1CCC(Oc2ccc(-c3cnc4c(OC)cccc4c3)cc2)CC1. The highest BCUT2D eigenvalue weighted by molar-refractivity contribution is 5.88. The van der Waals surface area contributed by atoms with E-state index in [1.807, 2.05) is 48.4 Å². The third-order valence-electron chi connectivity index (χ3n) is 5.48. The Hall–Kier alpha value is -3.08. The molecule has 0 radical (unpaired) electrons. The predicted octanol–water partition coefficient (Wildman–Crippen LogP) is 4.69. The van der Waals surface area contributed by atoms with Gasteiger partial charge in [0.15, 0.2) is 0 Å². The molecule has 5 heteroatoms. The number of para-hydroxylation sites is 1. The average molecular weight is 390 g/mol. The zero-order valence-electron chi connectivity index (χ0n) is 16.9. The van der Waals surface area contributed by atoms with Crippen LogP contribution in [0.1, 0.15) is 26.2 Å². The van der Waals surface area contributed by atoms with Crippen LogP contribution < -0.4 is 9.47 Å². The Kier molecular flexibility index (Phi) is 5.65. The molecular formula is C24H26N2O3. The average Bonchev–Trinajstić information content (AvgIpc) is 2.78. The summed E-state index contributed by atoms with van der Waals surface area (Å²) in [5, 5.41) is 1.05. The molecule has 4 rings (SSSR count). The molecule has 0 saturated carbocycles. The number of fused-ring (bicyclic) bond motifs is 1. The monoisotopic (exact) mass is 390 g/mol. The molecule has 0 aliphatic carbocycles. The van der Waals surface area contributed by atoms with Crippen LogP contribution in [0.25, 0.3) is 22.0 Å². The molecule has 29 heavy (non-hydrogen) atoms. The first kappa shape index (κ1) is 19.2. The van der Waals surface area contributed by atoms with Crippen molar-refractivity contribution in [2.24, 2.45) is 0 Å². The molecule has 1 amide bonds. The molecule has 1 aromatic heterocycles. The third-order valence-corrected chi connectivity index (χ3v) is 5.48. The maximum atomic E-state index is 11.8. The molecule has 5 nitrogen and oxygen atoms in total. The molecule has 0 bridgehead atoms. The molecule has 0 N–H and O–H groups in total. The summed E-state index contributed by atoms with van der Waals surface area (Å²) in [6.07, 6.45) is 4.37. The lowest BCUT2D eigenvalue weighted by Crippen LogP contribution is -2.41. The van der Waals surface area contributed by atoms with Gasteiger partial charge in [0, 0.05) is 49.5 Å². The van der Waals surface area contributed by atoms with Gasteiger partial charge in [0.1, 0.15) is 23.1 Å². The number of piperidine rings is 1. The van der Waals surface area contributed by atoms with Gasteiger partial charge in [0.25, 0.3) is 0 Å². The van der Waals surface area contributed by atoms with E-state index in [4.69, 9.17) is 9.47 Å². The molecule has 0 spiro atoms. The van der Waals surface area contributed by atoms with Crippen LogP contribution in [-0.2, 0) is 4.79 Å². The first-order valence-corrected chi connectivity index (χ1v) is 10.2. The lowest BCUT2D eigenvalue weighted by Gasteiger charge is -2.32. The minimum atomic E-state index is 0.163. The van der Waals surface area contributed by atoms with Gasteiger partial charge in [-0.15, -0.1) is 0 Å². The fourth-order valence-corrected chi connectivity index (χ4v) is 3.82. The first-order chi connectivity index (χ1) is 14.2. The van der Waals surface area contributed by atoms with Gasteiger partial charge in [-0.3, -0.25) is 9.78 Å². The summed E-state index contributed by atoms with van der Waals surface area (Å²) in [6.45, 7) is 3.47. The molecule has 0 atom stereocenters. The molecule has 2 heterocycles. The van der Waals surface area contributed by atoms with Crippen molar-refractivity contribution in [3.8, 4) is 22.6 Å². The number of nitrogens with zero attached hydrogens (tertiary/aromatic N) is 2. The number of aromatic nitrogens is 1. The smallest absolute Gasteiger partial charge is 0.222 e. The lowest BCUT2D eigenvalue weighted by atomic mass is 10.0. The zero-order valence-corrected chi connectivity index (χ0v) is 16.9. The van der Waals surface area contributed by atoms with E-state index in [0.717, 1.165) is 59.5 Å². The van der Waals surface area contributed by atoms with Crippen molar-refractivity contribution in [3.05, 3.63) is 54.7 Å². The maximum absolute atomic E-state index is 11.8. The van der Waals surface area contributed by atoms with Gasteiger partial charge in [-0.2, -0.15) is 0 Å². The third kappa shape index (κ3) is 4.19. The number of ether oxygens (including phenoxy) is 2. The number of pyridine rings is 1. The number of carbonyl (C=O) groups excluding carboxylic acids is 1. The largest absolute Gasteiger partial charge is 0.494 e. The molecule has 1 aliphatic rings. The molecule has 1 saturated heterocycles. The van der Waals surface area contributed by atoms with Crippen molar-refractivity contribution in [3.63, 3.8) is 0 Å². The van der Waals surface area contributed by atoms with Crippen LogP contribution in [0.3, 0.4) is 0 Å². The summed E-state index contributed by atoms with van der Waals surface area (Å²) in [4.78, 5) is 18.3. The fraction of sp³-hybridized carbons (Fsp3) is 0.333. The van der Waals surface area contributed by atoms with E-state index >= 15 is 0 Å². The van der Waals surface area contributed by atoms with Crippen LogP contribution in [0, 0.1) is 0 Å². The van der Waals surface area contributed by atoms with E-state index in [-0.39, 0.29) is 12.0 Å². The number of rotatable bonds is 5. The second-order valence-corrected chi connectivity index (χ2v) is 7.33. The minimum Gasteiger partial charge on any atom is -0.494 e. The van der Waals surface area contributed by atoms with Crippen molar-refractivity contribution in [1.82, 2.24) is 9.88 Å². The summed E-state index contributed by atoms with van der Waals surface area (Å²) in [5.74, 6) is 1.88. The first-order valence-electron chi connectivity index (χ1n) is 10.2. The van der Waals surface area contributed by atoms with Gasteiger partial charge in [0.2, 0.25) is 5.91 Å². The number of hydrogen-bond acceptors (Lipinski definition) is 4. The van der Waals surface area contributed by atoms with Crippen molar-refractivity contribution >= 4 is 16.8 Å². The van der Waals surface area contributed by atoms with Crippen molar-refractivity contribution in [1.29, 1.82) is 0 Å². The molecule has 2 aromatic carbocycles. The molecule has 150 valence electrons. The van der Waals surface area contributed by atoms with Crippen molar-refractivity contribution in [2.45, 2.75) is 32.3 Å². The van der Waals surface area contributed by atoms with Crippen molar-refractivity contribution < 1.29 is 14.3 Å². The van der Waals surface area contributed by atoms with Gasteiger partial charge in [-0.05, 0) is 29.8 Å². The van der Waals surface area contributed by atoms with Crippen molar-refractivity contribution in [2.75, 3.05) is 20.2 Å². The summed E-state index contributed by atoms with van der Waals surface area (Å²) in [6, 6.07) is 16.2. The van der Waals surface area contributed by atoms with E-state index < -0.39 is 0 Å². The lowest BCUT2D eigenvalue weighted by molar-refractivity contribution is -0.132. The van der Waals surface area contributed by atoms with Crippen LogP contribution in [-0.4, -0.2) is 42.1 Å². The topological polar surface area (TPSA) is 51.7 Å². The van der Waals surface area contributed by atoms with Gasteiger partial charge < -0.3 is 14.4 Å². The van der Waals surface area contributed by atoms with Crippen LogP contribution in [0.15, 0.2) is 54.7 Å². The maximum Gasteiger partial charge on any atom is 0.222 e. The Morgan fingerprint density at radius 3 is 2.55 bits per heavy atom. The van der Waals surface area contributed by atoms with E-state index in [1.165, 1.54) is 0 Å². The number of hydrogen-bond donors (Lipinski definition) is 0. The molecule has 3 aromatic rings. The molecule has 1 aliphatic heterocycles. The summed E-state index contributed by atoms with van der Waals surface area (Å²) >= 11 is 0. The second-order valence-electron chi connectivity index (χ2n) is 7.33. The van der Waals surface area contributed by atoms with Crippen LogP contribution >= 0.6 is 0 Å². The Morgan fingerprint density at radius 1 is 1.10 bits per heavy atom. The quantitative estimate of drug-likeness (QED) is 0.634. The van der Waals surface area contributed by atoms with E-state index in [1.54, 1.807) is 7.11 Å². The van der Waals surface area contributed by atoms with Crippen LogP contribution in [0.2, 0.25) is 0 Å².